The Morgan fingerprint density at radius 1 is 1.00 bits per heavy atom. The molecule has 7 heteroatoms. The third kappa shape index (κ3) is 3.04. The van der Waals surface area contributed by atoms with Crippen molar-refractivity contribution in [1.82, 2.24) is 15.0 Å². The Morgan fingerprint density at radius 3 is 2.52 bits per heavy atom. The zero-order valence-corrected chi connectivity index (χ0v) is 13.9. The molecule has 2 heterocycles. The van der Waals surface area contributed by atoms with E-state index in [0.29, 0.717) is 27.9 Å². The summed E-state index contributed by atoms with van der Waals surface area (Å²) < 4.78 is 19.7. The van der Waals surface area contributed by atoms with Crippen molar-refractivity contribution in [2.75, 3.05) is 5.32 Å². The number of aromatic nitrogens is 3. The van der Waals surface area contributed by atoms with Gasteiger partial charge in [-0.1, -0.05) is 23.7 Å². The maximum absolute atomic E-state index is 14.0. The number of benzene rings is 2. The summed E-state index contributed by atoms with van der Waals surface area (Å²) in [6, 6.07) is 13.5. The van der Waals surface area contributed by atoms with Gasteiger partial charge in [-0.2, -0.15) is 4.98 Å². The minimum absolute atomic E-state index is 0.159. The van der Waals surface area contributed by atoms with E-state index in [1.54, 1.807) is 37.3 Å². The lowest BCUT2D eigenvalue weighted by Crippen LogP contribution is -1.98. The molecular weight excluding hydrogens is 343 g/mol. The highest BCUT2D eigenvalue weighted by atomic mass is 35.5. The maximum atomic E-state index is 14.0. The van der Waals surface area contributed by atoms with E-state index < -0.39 is 5.82 Å². The molecule has 0 radical (unpaired) electrons. The molecule has 25 heavy (non-hydrogen) atoms. The van der Waals surface area contributed by atoms with E-state index in [1.165, 1.54) is 6.07 Å². The smallest absolute Gasteiger partial charge is 0.252 e. The summed E-state index contributed by atoms with van der Waals surface area (Å²) in [6.07, 6.45) is 0. The predicted molar refractivity (Wildman–Crippen MR) is 94.5 cm³/mol. The summed E-state index contributed by atoms with van der Waals surface area (Å²) >= 11 is 5.90. The number of hydrogen-bond donors (Lipinski definition) is 1. The average molecular weight is 355 g/mol. The number of nitrogens with zero attached hydrogens (tertiary/aromatic N) is 3. The van der Waals surface area contributed by atoms with Gasteiger partial charge in [0, 0.05) is 10.7 Å². The summed E-state index contributed by atoms with van der Waals surface area (Å²) in [5, 5.41) is 3.81. The van der Waals surface area contributed by atoms with Gasteiger partial charge in [0.25, 0.3) is 5.71 Å². The minimum Gasteiger partial charge on any atom is -0.417 e. The number of rotatable bonds is 3. The van der Waals surface area contributed by atoms with Gasteiger partial charge in [0.05, 0.1) is 5.56 Å². The van der Waals surface area contributed by atoms with Crippen molar-refractivity contribution < 1.29 is 8.81 Å². The molecule has 2 aromatic carbocycles. The number of nitrogens with one attached hydrogen (secondary N) is 1. The van der Waals surface area contributed by atoms with Crippen LogP contribution in [-0.2, 0) is 0 Å². The van der Waals surface area contributed by atoms with E-state index >= 15 is 0 Å². The number of fused-ring (bicyclic) bond motifs is 1. The van der Waals surface area contributed by atoms with Crippen LogP contribution in [0.25, 0.3) is 22.7 Å². The summed E-state index contributed by atoms with van der Waals surface area (Å²) in [6.45, 7) is 1.75. The molecule has 0 unspecified atom stereocenters. The van der Waals surface area contributed by atoms with Crippen LogP contribution in [0.2, 0.25) is 5.02 Å². The third-order valence-corrected chi connectivity index (χ3v) is 3.83. The van der Waals surface area contributed by atoms with Crippen LogP contribution in [0.15, 0.2) is 52.9 Å². The number of oxazole rings is 1. The lowest BCUT2D eigenvalue weighted by Gasteiger charge is -2.06. The second-order valence-electron chi connectivity index (χ2n) is 5.40. The largest absolute Gasteiger partial charge is 0.417 e. The van der Waals surface area contributed by atoms with Crippen molar-refractivity contribution in [2.24, 2.45) is 0 Å². The third-order valence-electron chi connectivity index (χ3n) is 3.58. The van der Waals surface area contributed by atoms with Crippen LogP contribution in [0.4, 0.5) is 15.9 Å². The van der Waals surface area contributed by atoms with Gasteiger partial charge in [-0.05, 0) is 43.3 Å². The number of hydrogen-bond acceptors (Lipinski definition) is 5. The molecule has 0 aliphatic heterocycles. The SMILES string of the molecule is Cc1nc(Nc2ccc(Cl)cc2)c2nc(-c3ccccc3F)oc2n1. The van der Waals surface area contributed by atoms with Gasteiger partial charge >= 0.3 is 0 Å². The van der Waals surface area contributed by atoms with Crippen LogP contribution in [-0.4, -0.2) is 15.0 Å². The van der Waals surface area contributed by atoms with E-state index in [-0.39, 0.29) is 11.5 Å². The first-order chi connectivity index (χ1) is 12.1. The molecule has 0 amide bonds. The Kier molecular flexibility index (Phi) is 3.82. The Labute approximate surface area is 147 Å². The van der Waals surface area contributed by atoms with E-state index in [0.717, 1.165) is 5.69 Å². The van der Waals surface area contributed by atoms with Gasteiger partial charge in [0.1, 0.15) is 11.6 Å². The molecule has 0 aliphatic rings. The fourth-order valence-electron chi connectivity index (χ4n) is 2.44. The zero-order chi connectivity index (χ0) is 17.4. The molecule has 0 spiro atoms. The minimum atomic E-state index is -0.411. The molecule has 0 saturated carbocycles. The Bertz CT molecular complexity index is 1060. The number of aryl methyl sites for hydroxylation is 1. The van der Waals surface area contributed by atoms with Crippen LogP contribution >= 0.6 is 11.6 Å². The Morgan fingerprint density at radius 2 is 1.76 bits per heavy atom. The molecule has 0 aliphatic carbocycles. The van der Waals surface area contributed by atoms with Gasteiger partial charge in [-0.3, -0.25) is 0 Å². The van der Waals surface area contributed by atoms with Gasteiger partial charge in [0.15, 0.2) is 11.3 Å². The number of anilines is 2. The highest BCUT2D eigenvalue weighted by Gasteiger charge is 2.17. The van der Waals surface area contributed by atoms with Gasteiger partial charge in [0.2, 0.25) is 5.89 Å². The first-order valence-electron chi connectivity index (χ1n) is 7.53. The van der Waals surface area contributed by atoms with Crippen LogP contribution < -0.4 is 5.32 Å². The summed E-state index contributed by atoms with van der Waals surface area (Å²) in [4.78, 5) is 13.0. The van der Waals surface area contributed by atoms with E-state index in [1.807, 2.05) is 12.1 Å². The van der Waals surface area contributed by atoms with Gasteiger partial charge < -0.3 is 9.73 Å². The molecular formula is C18H12ClFN4O. The topological polar surface area (TPSA) is 63.8 Å². The van der Waals surface area contributed by atoms with Gasteiger partial charge in [-0.25, -0.2) is 14.4 Å². The fourth-order valence-corrected chi connectivity index (χ4v) is 2.56. The standard InChI is InChI=1S/C18H12ClFN4O/c1-10-21-16(23-12-8-6-11(19)7-9-12)15-18(22-10)25-17(24-15)13-4-2-3-5-14(13)20/h2-9H,1H3,(H,21,22,23). The van der Waals surface area contributed by atoms with E-state index in [4.69, 9.17) is 16.0 Å². The predicted octanol–water partition coefficient (Wildman–Crippen LogP) is 5.13. The van der Waals surface area contributed by atoms with Crippen LogP contribution in [0.1, 0.15) is 5.82 Å². The highest BCUT2D eigenvalue weighted by molar-refractivity contribution is 6.30. The lowest BCUT2D eigenvalue weighted by molar-refractivity contribution is 0.585. The molecule has 0 atom stereocenters. The lowest BCUT2D eigenvalue weighted by atomic mass is 10.2. The first-order valence-corrected chi connectivity index (χ1v) is 7.90. The molecule has 4 aromatic rings. The van der Waals surface area contributed by atoms with Crippen LogP contribution in [0.3, 0.4) is 0 Å². The monoisotopic (exact) mass is 354 g/mol. The molecule has 0 bridgehead atoms. The summed E-state index contributed by atoms with van der Waals surface area (Å²) in [5.74, 6) is 0.745. The Balaban J connectivity index is 1.82. The van der Waals surface area contributed by atoms with E-state index in [9.17, 15) is 4.39 Å². The van der Waals surface area contributed by atoms with E-state index in [2.05, 4.69) is 20.3 Å². The molecule has 5 nitrogen and oxygen atoms in total. The second kappa shape index (κ2) is 6.14. The maximum Gasteiger partial charge on any atom is 0.252 e. The molecule has 124 valence electrons. The highest BCUT2D eigenvalue weighted by Crippen LogP contribution is 2.29. The first kappa shape index (κ1) is 15.5. The number of halogens is 2. The quantitative estimate of drug-likeness (QED) is 0.552. The fraction of sp³-hybridized carbons (Fsp3) is 0.0556. The van der Waals surface area contributed by atoms with Crippen molar-refractivity contribution in [3.05, 3.63) is 65.2 Å². The van der Waals surface area contributed by atoms with Gasteiger partial charge in [-0.15, -0.1) is 0 Å². The normalized spacial score (nSPS) is 11.0. The second-order valence-corrected chi connectivity index (χ2v) is 5.84. The average Bonchev–Trinajstić information content (AvgIpc) is 3.01. The molecule has 1 N–H and O–H groups in total. The zero-order valence-electron chi connectivity index (χ0n) is 13.1. The Hall–Kier alpha value is -2.99. The summed E-state index contributed by atoms with van der Waals surface area (Å²) in [7, 11) is 0. The molecule has 4 rings (SSSR count). The van der Waals surface area contributed by atoms with Crippen LogP contribution in [0, 0.1) is 12.7 Å². The molecule has 0 fully saturated rings. The van der Waals surface area contributed by atoms with Crippen molar-refractivity contribution in [3.8, 4) is 11.5 Å². The van der Waals surface area contributed by atoms with Crippen LogP contribution in [0.5, 0.6) is 0 Å². The molecule has 0 saturated heterocycles. The van der Waals surface area contributed by atoms with Crippen molar-refractivity contribution >= 4 is 34.3 Å². The summed E-state index contributed by atoms with van der Waals surface area (Å²) in [5.41, 5.74) is 1.79. The van der Waals surface area contributed by atoms with Crippen molar-refractivity contribution in [1.29, 1.82) is 0 Å². The van der Waals surface area contributed by atoms with Crippen molar-refractivity contribution in [2.45, 2.75) is 6.92 Å². The molecule has 2 aromatic heterocycles. The van der Waals surface area contributed by atoms with Crippen molar-refractivity contribution in [3.63, 3.8) is 0 Å².